The Kier molecular flexibility index (Phi) is 2.86. The number of fused-ring (bicyclic) bond motifs is 1. The first kappa shape index (κ1) is 11.0. The molecule has 0 saturated heterocycles. The van der Waals surface area contributed by atoms with Gasteiger partial charge >= 0.3 is 0 Å². The van der Waals surface area contributed by atoms with Crippen molar-refractivity contribution < 1.29 is 14.6 Å². The molecule has 1 aromatic heterocycles. The summed E-state index contributed by atoms with van der Waals surface area (Å²) in [6.07, 6.45) is 2.65. The molecular weight excluding hydrogens is 230 g/mol. The third kappa shape index (κ3) is 2.02. The number of rotatable bonds is 2. The second-order valence-electron chi connectivity index (χ2n) is 4.09. The van der Waals surface area contributed by atoms with Crippen LogP contribution in [0.15, 0.2) is 42.7 Å². The molecule has 4 nitrogen and oxygen atoms in total. The minimum Gasteiger partial charge on any atom is -0.486 e. The zero-order valence-corrected chi connectivity index (χ0v) is 9.74. The van der Waals surface area contributed by atoms with E-state index in [9.17, 15) is 5.11 Å². The fourth-order valence-corrected chi connectivity index (χ4v) is 1.97. The van der Waals surface area contributed by atoms with E-state index in [1.165, 1.54) is 0 Å². The van der Waals surface area contributed by atoms with Crippen molar-refractivity contribution >= 4 is 0 Å². The van der Waals surface area contributed by atoms with Crippen LogP contribution in [0.4, 0.5) is 0 Å². The van der Waals surface area contributed by atoms with Crippen molar-refractivity contribution in [2.75, 3.05) is 13.2 Å². The van der Waals surface area contributed by atoms with Crippen LogP contribution in [-0.4, -0.2) is 23.3 Å². The number of aliphatic hydroxyl groups is 1. The normalized spacial score (nSPS) is 15.2. The van der Waals surface area contributed by atoms with Crippen molar-refractivity contribution in [3.8, 4) is 11.5 Å². The summed E-state index contributed by atoms with van der Waals surface area (Å²) in [6.45, 7) is 1.11. The molecule has 0 fully saturated rings. The average Bonchev–Trinajstić information content (AvgIpc) is 2.47. The third-order valence-corrected chi connectivity index (χ3v) is 2.90. The van der Waals surface area contributed by atoms with Crippen molar-refractivity contribution in [2.45, 2.75) is 6.10 Å². The van der Waals surface area contributed by atoms with Gasteiger partial charge in [-0.2, -0.15) is 0 Å². The van der Waals surface area contributed by atoms with Crippen molar-refractivity contribution in [1.29, 1.82) is 0 Å². The van der Waals surface area contributed by atoms with Crippen molar-refractivity contribution in [2.24, 2.45) is 0 Å². The molecule has 0 bridgehead atoms. The molecule has 2 aromatic rings. The summed E-state index contributed by atoms with van der Waals surface area (Å²) in [6, 6.07) is 9.08. The van der Waals surface area contributed by atoms with Crippen molar-refractivity contribution in [3.63, 3.8) is 0 Å². The van der Waals surface area contributed by atoms with Crippen LogP contribution in [0, 0.1) is 0 Å². The first-order valence-electron chi connectivity index (χ1n) is 5.82. The lowest BCUT2D eigenvalue weighted by Crippen LogP contribution is -2.15. The summed E-state index contributed by atoms with van der Waals surface area (Å²) in [5.41, 5.74) is 1.59. The lowest BCUT2D eigenvalue weighted by molar-refractivity contribution is 0.169. The van der Waals surface area contributed by atoms with E-state index >= 15 is 0 Å². The lowest BCUT2D eigenvalue weighted by atomic mass is 10.0. The minimum atomic E-state index is -0.677. The van der Waals surface area contributed by atoms with Crippen LogP contribution in [0.1, 0.15) is 17.2 Å². The molecule has 1 aliphatic heterocycles. The van der Waals surface area contributed by atoms with Crippen molar-refractivity contribution in [3.05, 3.63) is 53.9 Å². The number of ether oxygens (including phenoxy) is 2. The Morgan fingerprint density at radius 2 is 1.67 bits per heavy atom. The van der Waals surface area contributed by atoms with Gasteiger partial charge < -0.3 is 14.6 Å². The Bertz CT molecular complexity index is 542. The summed E-state index contributed by atoms with van der Waals surface area (Å²) < 4.78 is 10.9. The number of aromatic nitrogens is 1. The Morgan fingerprint density at radius 3 is 2.44 bits per heavy atom. The van der Waals surface area contributed by atoms with E-state index in [0.717, 1.165) is 16.9 Å². The highest BCUT2D eigenvalue weighted by Crippen LogP contribution is 2.34. The van der Waals surface area contributed by atoms with E-state index in [1.54, 1.807) is 24.5 Å². The predicted octanol–water partition coefficient (Wildman–Crippen LogP) is 1.93. The quantitative estimate of drug-likeness (QED) is 0.875. The van der Waals surface area contributed by atoms with Gasteiger partial charge in [-0.15, -0.1) is 0 Å². The van der Waals surface area contributed by atoms with Gasteiger partial charge in [0, 0.05) is 12.4 Å². The van der Waals surface area contributed by atoms with Crippen LogP contribution in [0.5, 0.6) is 11.5 Å². The molecule has 1 unspecified atom stereocenters. The van der Waals surface area contributed by atoms with E-state index in [4.69, 9.17) is 9.47 Å². The average molecular weight is 243 g/mol. The SMILES string of the molecule is OC(c1ccncc1)c1ccc2c(c1)OCCO2. The Hall–Kier alpha value is -2.07. The maximum atomic E-state index is 10.3. The third-order valence-electron chi connectivity index (χ3n) is 2.90. The summed E-state index contributed by atoms with van der Waals surface area (Å²) in [5.74, 6) is 1.42. The molecule has 4 heteroatoms. The van der Waals surface area contributed by atoms with Gasteiger partial charge in [0.15, 0.2) is 11.5 Å². The summed E-state index contributed by atoms with van der Waals surface area (Å²) >= 11 is 0. The Labute approximate surface area is 105 Å². The molecule has 18 heavy (non-hydrogen) atoms. The van der Waals surface area contributed by atoms with Crippen LogP contribution in [0.2, 0.25) is 0 Å². The summed E-state index contributed by atoms with van der Waals surface area (Å²) in [7, 11) is 0. The Balaban J connectivity index is 1.93. The molecule has 0 saturated carbocycles. The number of aliphatic hydroxyl groups excluding tert-OH is 1. The lowest BCUT2D eigenvalue weighted by Gasteiger charge is -2.20. The summed E-state index contributed by atoms with van der Waals surface area (Å²) in [4.78, 5) is 3.94. The summed E-state index contributed by atoms with van der Waals surface area (Å²) in [5, 5.41) is 10.3. The standard InChI is InChI=1S/C14H13NO3/c16-14(10-3-5-15-6-4-10)11-1-2-12-13(9-11)18-8-7-17-12/h1-6,9,14,16H,7-8H2. The number of pyridine rings is 1. The van der Waals surface area contributed by atoms with E-state index in [-0.39, 0.29) is 0 Å². The van der Waals surface area contributed by atoms with Gasteiger partial charge in [-0.05, 0) is 35.4 Å². The zero-order chi connectivity index (χ0) is 12.4. The molecule has 0 spiro atoms. The molecule has 3 rings (SSSR count). The first-order chi connectivity index (χ1) is 8.84. The van der Waals surface area contributed by atoms with Crippen LogP contribution in [0.3, 0.4) is 0 Å². The molecule has 1 aliphatic rings. The van der Waals surface area contributed by atoms with E-state index < -0.39 is 6.10 Å². The fraction of sp³-hybridized carbons (Fsp3) is 0.214. The van der Waals surface area contributed by atoms with Crippen LogP contribution < -0.4 is 9.47 Å². The van der Waals surface area contributed by atoms with E-state index in [1.807, 2.05) is 18.2 Å². The maximum absolute atomic E-state index is 10.3. The monoisotopic (exact) mass is 243 g/mol. The highest BCUT2D eigenvalue weighted by molar-refractivity contribution is 5.45. The van der Waals surface area contributed by atoms with Gasteiger partial charge in [0.05, 0.1) is 0 Å². The predicted molar refractivity (Wildman–Crippen MR) is 65.7 cm³/mol. The largest absolute Gasteiger partial charge is 0.486 e. The fourth-order valence-electron chi connectivity index (χ4n) is 1.97. The highest BCUT2D eigenvalue weighted by atomic mass is 16.6. The van der Waals surface area contributed by atoms with Crippen LogP contribution in [0.25, 0.3) is 0 Å². The van der Waals surface area contributed by atoms with Gasteiger partial charge in [-0.25, -0.2) is 0 Å². The minimum absolute atomic E-state index is 0.543. The topological polar surface area (TPSA) is 51.6 Å². The number of nitrogens with zero attached hydrogens (tertiary/aromatic N) is 1. The zero-order valence-electron chi connectivity index (χ0n) is 9.74. The van der Waals surface area contributed by atoms with Gasteiger partial charge in [-0.1, -0.05) is 6.07 Å². The van der Waals surface area contributed by atoms with Crippen LogP contribution >= 0.6 is 0 Å². The molecule has 1 atom stereocenters. The van der Waals surface area contributed by atoms with Gasteiger partial charge in [-0.3, -0.25) is 4.98 Å². The van der Waals surface area contributed by atoms with Gasteiger partial charge in [0.1, 0.15) is 19.3 Å². The molecule has 92 valence electrons. The maximum Gasteiger partial charge on any atom is 0.161 e. The molecule has 1 N–H and O–H groups in total. The molecule has 0 radical (unpaired) electrons. The molecule has 2 heterocycles. The van der Waals surface area contributed by atoms with E-state index in [0.29, 0.717) is 19.0 Å². The number of hydrogen-bond acceptors (Lipinski definition) is 4. The van der Waals surface area contributed by atoms with E-state index in [2.05, 4.69) is 4.98 Å². The number of hydrogen-bond donors (Lipinski definition) is 1. The molecule has 1 aromatic carbocycles. The molecule has 0 amide bonds. The second kappa shape index (κ2) is 4.66. The Morgan fingerprint density at radius 1 is 0.944 bits per heavy atom. The highest BCUT2D eigenvalue weighted by Gasteiger charge is 2.16. The van der Waals surface area contributed by atoms with Crippen LogP contribution in [-0.2, 0) is 0 Å². The molecule has 0 aliphatic carbocycles. The van der Waals surface area contributed by atoms with Gasteiger partial charge in [0.25, 0.3) is 0 Å². The smallest absolute Gasteiger partial charge is 0.161 e. The van der Waals surface area contributed by atoms with Crippen molar-refractivity contribution in [1.82, 2.24) is 4.98 Å². The molecular formula is C14H13NO3. The van der Waals surface area contributed by atoms with Gasteiger partial charge in [0.2, 0.25) is 0 Å². The first-order valence-corrected chi connectivity index (χ1v) is 5.82. The number of benzene rings is 1. The second-order valence-corrected chi connectivity index (χ2v) is 4.09.